The Morgan fingerprint density at radius 2 is 1.90 bits per heavy atom. The monoisotopic (exact) mass is 336 g/mol. The fourth-order valence-electron chi connectivity index (χ4n) is 1.50. The minimum Gasteiger partial charge on any atom is -0.372 e. The second-order valence-corrected chi connectivity index (χ2v) is 9.05. The van der Waals surface area contributed by atoms with E-state index in [2.05, 4.69) is 30.9 Å². The first-order chi connectivity index (χ1) is 9.02. The molecule has 0 fully saturated rings. The molecule has 0 saturated carbocycles. The molecule has 20 heavy (non-hydrogen) atoms. The largest absolute Gasteiger partial charge is 0.372 e. The van der Waals surface area contributed by atoms with E-state index in [4.69, 9.17) is 15.0 Å². The highest BCUT2D eigenvalue weighted by molar-refractivity contribution is 7.64. The van der Waals surface area contributed by atoms with Crippen LogP contribution < -0.4 is 5.32 Å². The van der Waals surface area contributed by atoms with Crippen LogP contribution in [0.1, 0.15) is 12.8 Å². The predicted molar refractivity (Wildman–Crippen MR) is 73.9 cm³/mol. The Balaban J connectivity index is 4.07. The van der Waals surface area contributed by atoms with Crippen molar-refractivity contribution < 1.29 is 44.2 Å². The fraction of sp³-hybridized carbons (Fsp3) is 1.00. The molecule has 11 heteroatoms. The number of nitrogens with two attached hydrogens (primary N) is 1. The third-order valence-corrected chi connectivity index (χ3v) is 5.73. The van der Waals surface area contributed by atoms with E-state index >= 15 is 0 Å². The Morgan fingerprint density at radius 3 is 2.35 bits per heavy atom. The Bertz CT molecular complexity index is 320. The van der Waals surface area contributed by atoms with Crippen molar-refractivity contribution in [3.63, 3.8) is 0 Å². The molecule has 0 aromatic rings. The van der Waals surface area contributed by atoms with Crippen molar-refractivity contribution in [1.82, 2.24) is 0 Å². The zero-order chi connectivity index (χ0) is 15.9. The molecule has 0 rings (SSSR count). The van der Waals surface area contributed by atoms with Crippen LogP contribution in [0.5, 0.6) is 0 Å². The minimum atomic E-state index is -4.77. The molecule has 0 aliphatic rings. The molecule has 0 radical (unpaired) electrons. The second-order valence-electron chi connectivity index (χ2n) is 5.60. The molecule has 0 aromatic carbocycles. The highest BCUT2D eigenvalue weighted by Crippen LogP contribution is 2.59. The van der Waals surface area contributed by atoms with Crippen LogP contribution in [0.4, 0.5) is 0 Å². The van der Waals surface area contributed by atoms with Gasteiger partial charge in [-0.25, -0.2) is 5.26 Å². The highest BCUT2D eigenvalue weighted by atomic mass is 31.2. The Morgan fingerprint density at radius 1 is 1.30 bits per heavy atom. The Hall–Kier alpha value is 0.340. The maximum absolute atomic E-state index is 11.2. The Labute approximate surface area is 120 Å². The molecular formula is C9H26N2O7P2+2. The van der Waals surface area contributed by atoms with Gasteiger partial charge < -0.3 is 24.7 Å². The van der Waals surface area contributed by atoms with Crippen molar-refractivity contribution in [3.8, 4) is 0 Å². The highest BCUT2D eigenvalue weighted by Gasteiger charge is 2.47. The van der Waals surface area contributed by atoms with Gasteiger partial charge in [-0.15, -0.1) is 0 Å². The van der Waals surface area contributed by atoms with Gasteiger partial charge in [-0.05, 0) is 0 Å². The summed E-state index contributed by atoms with van der Waals surface area (Å²) in [5.41, 5.74) is 0. The number of rotatable bonds is 11. The lowest BCUT2D eigenvalue weighted by Crippen LogP contribution is -2.85. The zero-order valence-corrected chi connectivity index (χ0v) is 13.9. The van der Waals surface area contributed by atoms with Crippen LogP contribution in [-0.4, -0.2) is 70.5 Å². The predicted octanol–water partition coefficient (Wildman–Crippen LogP) is -1.13. The molecule has 0 bridgehead atoms. The van der Waals surface area contributed by atoms with Crippen molar-refractivity contribution in [2.45, 2.75) is 17.9 Å². The number of nitrogens with zero attached hydrogens (tertiary/aromatic N) is 1. The summed E-state index contributed by atoms with van der Waals surface area (Å²) in [5.74, 6) is 0. The van der Waals surface area contributed by atoms with Crippen molar-refractivity contribution >= 4 is 16.4 Å². The number of hydrogen-bond acceptors (Lipinski definition) is 5. The fourth-order valence-corrected chi connectivity index (χ4v) is 2.92. The summed E-state index contributed by atoms with van der Waals surface area (Å²) in [6.07, 6.45) is 0.792. The SMILES string of the molecule is C[N+](C)(C)CCC[NH2+]CCC(O)(POOO)P(=O)(O)O. The van der Waals surface area contributed by atoms with Crippen LogP contribution in [0.15, 0.2) is 0 Å². The van der Waals surface area contributed by atoms with Crippen LogP contribution in [0, 0.1) is 0 Å². The lowest BCUT2D eigenvalue weighted by molar-refractivity contribution is -0.872. The van der Waals surface area contributed by atoms with E-state index in [0.717, 1.165) is 24.0 Å². The van der Waals surface area contributed by atoms with E-state index in [1.807, 2.05) is 5.32 Å². The normalized spacial score (nSPS) is 16.8. The van der Waals surface area contributed by atoms with Gasteiger partial charge in [0, 0.05) is 12.8 Å². The zero-order valence-electron chi connectivity index (χ0n) is 12.0. The van der Waals surface area contributed by atoms with E-state index in [9.17, 15) is 9.67 Å². The maximum Gasteiger partial charge on any atom is 0.363 e. The van der Waals surface area contributed by atoms with E-state index < -0.39 is 21.5 Å². The molecule has 122 valence electrons. The summed E-state index contributed by atoms with van der Waals surface area (Å²) in [6.45, 7) is 2.12. The van der Waals surface area contributed by atoms with E-state index in [1.54, 1.807) is 0 Å². The van der Waals surface area contributed by atoms with Gasteiger partial charge in [-0.1, -0.05) is 5.04 Å². The summed E-state index contributed by atoms with van der Waals surface area (Å²) >= 11 is 0. The van der Waals surface area contributed by atoms with Crippen molar-refractivity contribution in [3.05, 3.63) is 0 Å². The standard InChI is InChI=1S/C9H24N2O7P2/c1-11(2,3)8-4-6-10-7-5-9(12,19-18-17-13)20(14,15)16/h10,12,19H,4-8H2,1-3H3,(H2-,13,14,15,16)/p+2. The third kappa shape index (κ3) is 8.59. The number of quaternary nitrogens is 2. The van der Waals surface area contributed by atoms with E-state index in [0.29, 0.717) is 6.54 Å². The molecule has 2 atom stereocenters. The first-order valence-electron chi connectivity index (χ1n) is 6.16. The molecule has 9 nitrogen and oxygen atoms in total. The van der Waals surface area contributed by atoms with Gasteiger partial charge in [-0.3, -0.25) is 4.57 Å². The van der Waals surface area contributed by atoms with E-state index in [1.165, 1.54) is 0 Å². The summed E-state index contributed by atoms with van der Waals surface area (Å²) in [5, 5.41) is 20.8. The quantitative estimate of drug-likeness (QED) is 0.106. The molecule has 0 spiro atoms. The lowest BCUT2D eigenvalue weighted by atomic mass is 10.3. The first kappa shape index (κ1) is 20.3. The molecule has 0 saturated heterocycles. The van der Waals surface area contributed by atoms with Gasteiger partial charge in [-0.2, -0.15) is 4.67 Å². The van der Waals surface area contributed by atoms with Gasteiger partial charge in [0.25, 0.3) is 0 Å². The summed E-state index contributed by atoms with van der Waals surface area (Å²) in [6, 6.07) is 0. The van der Waals surface area contributed by atoms with Crippen LogP contribution >= 0.6 is 16.4 Å². The molecule has 0 heterocycles. The summed E-state index contributed by atoms with van der Waals surface area (Å²) in [7, 11) is 0.407. The van der Waals surface area contributed by atoms with Crippen LogP contribution in [-0.2, 0) is 14.3 Å². The Kier molecular flexibility index (Phi) is 8.85. The maximum atomic E-state index is 11.2. The second kappa shape index (κ2) is 8.70. The lowest BCUT2D eigenvalue weighted by Gasteiger charge is -2.26. The van der Waals surface area contributed by atoms with Gasteiger partial charge in [0.2, 0.25) is 5.08 Å². The van der Waals surface area contributed by atoms with E-state index in [-0.39, 0.29) is 6.42 Å². The van der Waals surface area contributed by atoms with Crippen molar-refractivity contribution in [2.75, 3.05) is 40.8 Å². The van der Waals surface area contributed by atoms with Gasteiger partial charge >= 0.3 is 7.60 Å². The molecule has 0 amide bonds. The van der Waals surface area contributed by atoms with Crippen LogP contribution in [0.2, 0.25) is 0 Å². The average molecular weight is 336 g/mol. The molecule has 6 N–H and O–H groups in total. The smallest absolute Gasteiger partial charge is 0.363 e. The number of aliphatic hydroxyl groups is 1. The first-order valence-corrected chi connectivity index (χ1v) is 8.68. The molecule has 2 unspecified atom stereocenters. The van der Waals surface area contributed by atoms with Gasteiger partial charge in [0.15, 0.2) is 0 Å². The summed E-state index contributed by atoms with van der Waals surface area (Å²) < 4.78 is 16.2. The van der Waals surface area contributed by atoms with Crippen LogP contribution in [0.25, 0.3) is 0 Å². The topological polar surface area (TPSA) is 133 Å². The van der Waals surface area contributed by atoms with Crippen molar-refractivity contribution in [1.29, 1.82) is 0 Å². The third-order valence-electron chi connectivity index (χ3n) is 2.66. The molecule has 0 aliphatic carbocycles. The van der Waals surface area contributed by atoms with Gasteiger partial charge in [0.1, 0.15) is 8.81 Å². The molecule has 0 aliphatic heterocycles. The molecular weight excluding hydrogens is 310 g/mol. The average Bonchev–Trinajstić information content (AvgIpc) is 2.28. The molecule has 0 aromatic heterocycles. The van der Waals surface area contributed by atoms with Crippen LogP contribution in [0.3, 0.4) is 0 Å². The van der Waals surface area contributed by atoms with Crippen molar-refractivity contribution in [2.24, 2.45) is 0 Å². The minimum absolute atomic E-state index is 0.163. The van der Waals surface area contributed by atoms with Gasteiger partial charge in [0.05, 0.1) is 40.8 Å². The number of hydrogen-bond donors (Lipinski definition) is 5. The summed E-state index contributed by atoms with van der Waals surface area (Å²) in [4.78, 5) is 18.2.